The van der Waals surface area contributed by atoms with Gasteiger partial charge in [0.2, 0.25) is 5.95 Å². The third-order valence-electron chi connectivity index (χ3n) is 4.96. The van der Waals surface area contributed by atoms with Crippen molar-refractivity contribution in [3.63, 3.8) is 0 Å². The van der Waals surface area contributed by atoms with Gasteiger partial charge in [0.05, 0.1) is 0 Å². The summed E-state index contributed by atoms with van der Waals surface area (Å²) in [6.45, 7) is 0.824. The fourth-order valence-electron chi connectivity index (χ4n) is 3.55. The topological polar surface area (TPSA) is 80.0 Å². The molecular weight excluding hydrogens is 411 g/mol. The first-order valence-corrected chi connectivity index (χ1v) is 10.6. The minimum atomic E-state index is -0.329. The standard InChI is InChI=1S/C23H19FN6S/c24-18-13-16(5-6-20(18)31-17-7-10-26-11-8-17)27-23-28-21(25)14-22(29-23)30-12-9-15-3-1-2-4-19(15)30/h1-8,10-11,13-14H,9,12H2,(H3,25,27,28,29). The van der Waals surface area contributed by atoms with Crippen LogP contribution in [0.3, 0.4) is 0 Å². The first kappa shape index (κ1) is 19.3. The molecule has 4 aromatic rings. The molecule has 3 N–H and O–H groups in total. The second-order valence-electron chi connectivity index (χ2n) is 7.06. The average Bonchev–Trinajstić information content (AvgIpc) is 3.20. The SMILES string of the molecule is Nc1cc(N2CCc3ccccc32)nc(Nc2ccc(Sc3ccncc3)c(F)c2)n1. The lowest BCUT2D eigenvalue weighted by Gasteiger charge is -2.19. The number of fused-ring (bicyclic) bond motifs is 1. The highest BCUT2D eigenvalue weighted by atomic mass is 32.2. The van der Waals surface area contributed by atoms with Crippen molar-refractivity contribution in [3.8, 4) is 0 Å². The highest BCUT2D eigenvalue weighted by molar-refractivity contribution is 7.99. The number of hydrogen-bond acceptors (Lipinski definition) is 7. The Hall–Kier alpha value is -3.65. The van der Waals surface area contributed by atoms with Crippen molar-refractivity contribution in [2.75, 3.05) is 22.5 Å². The van der Waals surface area contributed by atoms with Crippen LogP contribution < -0.4 is 16.0 Å². The normalized spacial score (nSPS) is 12.6. The molecule has 3 heterocycles. The minimum Gasteiger partial charge on any atom is -0.383 e. The van der Waals surface area contributed by atoms with E-state index < -0.39 is 0 Å². The van der Waals surface area contributed by atoms with Crippen molar-refractivity contribution >= 4 is 40.7 Å². The third-order valence-corrected chi connectivity index (χ3v) is 6.02. The molecule has 5 rings (SSSR count). The number of anilines is 5. The summed E-state index contributed by atoms with van der Waals surface area (Å²) >= 11 is 1.34. The third kappa shape index (κ3) is 4.15. The summed E-state index contributed by atoms with van der Waals surface area (Å²) in [4.78, 5) is 16.4. The van der Waals surface area contributed by atoms with Crippen LogP contribution in [0.15, 0.2) is 82.8 Å². The highest BCUT2D eigenvalue weighted by Gasteiger charge is 2.21. The fourth-order valence-corrected chi connectivity index (χ4v) is 4.35. The lowest BCUT2D eigenvalue weighted by atomic mass is 10.2. The molecule has 0 saturated carbocycles. The van der Waals surface area contributed by atoms with E-state index in [9.17, 15) is 4.39 Å². The molecule has 0 amide bonds. The van der Waals surface area contributed by atoms with Crippen molar-refractivity contribution in [2.24, 2.45) is 0 Å². The molecule has 0 radical (unpaired) electrons. The van der Waals surface area contributed by atoms with Gasteiger partial charge >= 0.3 is 0 Å². The van der Waals surface area contributed by atoms with Crippen molar-refractivity contribution < 1.29 is 4.39 Å². The highest BCUT2D eigenvalue weighted by Crippen LogP contribution is 2.35. The molecule has 0 atom stereocenters. The van der Waals surface area contributed by atoms with E-state index in [-0.39, 0.29) is 5.82 Å². The molecule has 0 spiro atoms. The second-order valence-corrected chi connectivity index (χ2v) is 8.18. The number of nitrogen functional groups attached to an aromatic ring is 1. The van der Waals surface area contributed by atoms with Crippen molar-refractivity contribution in [1.29, 1.82) is 0 Å². The molecule has 2 aromatic carbocycles. The van der Waals surface area contributed by atoms with Gasteiger partial charge in [0.25, 0.3) is 0 Å². The first-order chi connectivity index (χ1) is 15.2. The van der Waals surface area contributed by atoms with Crippen molar-refractivity contribution in [1.82, 2.24) is 15.0 Å². The van der Waals surface area contributed by atoms with E-state index in [0.29, 0.717) is 28.2 Å². The van der Waals surface area contributed by atoms with E-state index in [1.807, 2.05) is 24.3 Å². The van der Waals surface area contributed by atoms with Gasteiger partial charge in [-0.05, 0) is 48.4 Å². The van der Waals surface area contributed by atoms with Crippen molar-refractivity contribution in [2.45, 2.75) is 16.2 Å². The quantitative estimate of drug-likeness (QED) is 0.451. The summed E-state index contributed by atoms with van der Waals surface area (Å²) in [5.74, 6) is 1.06. The number of aromatic nitrogens is 3. The Bertz CT molecular complexity index is 1230. The molecule has 6 nitrogen and oxygen atoms in total. The Morgan fingerprint density at radius 1 is 1.00 bits per heavy atom. The van der Waals surface area contributed by atoms with Gasteiger partial charge in [-0.25, -0.2) is 4.39 Å². The number of rotatable bonds is 5. The monoisotopic (exact) mass is 430 g/mol. The fraction of sp³-hybridized carbons (Fsp3) is 0.0870. The van der Waals surface area contributed by atoms with E-state index in [1.54, 1.807) is 30.6 Å². The predicted molar refractivity (Wildman–Crippen MR) is 122 cm³/mol. The summed E-state index contributed by atoms with van der Waals surface area (Å²) in [5.41, 5.74) is 8.99. The van der Waals surface area contributed by atoms with Gasteiger partial charge in [0, 0.05) is 46.2 Å². The summed E-state index contributed by atoms with van der Waals surface area (Å²) < 4.78 is 14.7. The molecule has 0 fully saturated rings. The summed E-state index contributed by atoms with van der Waals surface area (Å²) in [5, 5.41) is 3.08. The molecule has 8 heteroatoms. The van der Waals surface area contributed by atoms with Crippen LogP contribution >= 0.6 is 11.8 Å². The van der Waals surface area contributed by atoms with Crippen LogP contribution in [-0.2, 0) is 6.42 Å². The van der Waals surface area contributed by atoms with E-state index in [4.69, 9.17) is 5.73 Å². The minimum absolute atomic E-state index is 0.327. The Kier molecular flexibility index (Phi) is 5.13. The zero-order chi connectivity index (χ0) is 21.2. The summed E-state index contributed by atoms with van der Waals surface area (Å²) in [6, 6.07) is 18.6. The average molecular weight is 431 g/mol. The molecule has 1 aliphatic heterocycles. The molecule has 0 unspecified atom stereocenters. The number of nitrogens with two attached hydrogens (primary N) is 1. The summed E-state index contributed by atoms with van der Waals surface area (Å²) in [6.07, 6.45) is 4.32. The van der Waals surface area contributed by atoms with Gasteiger partial charge in [-0.1, -0.05) is 30.0 Å². The van der Waals surface area contributed by atoms with Gasteiger partial charge in [-0.3, -0.25) is 4.98 Å². The lowest BCUT2D eigenvalue weighted by Crippen LogP contribution is -2.16. The molecule has 0 bridgehead atoms. The largest absolute Gasteiger partial charge is 0.383 e. The van der Waals surface area contributed by atoms with Crippen LogP contribution in [0.5, 0.6) is 0 Å². The maximum Gasteiger partial charge on any atom is 0.231 e. The van der Waals surface area contributed by atoms with Gasteiger partial charge in [0.15, 0.2) is 0 Å². The lowest BCUT2D eigenvalue weighted by molar-refractivity contribution is 0.602. The first-order valence-electron chi connectivity index (χ1n) is 9.80. The van der Waals surface area contributed by atoms with Crippen LogP contribution in [0.2, 0.25) is 0 Å². The van der Waals surface area contributed by atoms with E-state index in [1.165, 1.54) is 23.4 Å². The van der Waals surface area contributed by atoms with Crippen LogP contribution in [0.1, 0.15) is 5.56 Å². The molecular formula is C23H19FN6S. The van der Waals surface area contributed by atoms with Crippen LogP contribution in [0.4, 0.5) is 33.3 Å². The number of hydrogen-bond donors (Lipinski definition) is 2. The predicted octanol–water partition coefficient (Wildman–Crippen LogP) is 5.18. The van der Waals surface area contributed by atoms with Gasteiger partial charge in [-0.15, -0.1) is 0 Å². The van der Waals surface area contributed by atoms with E-state index >= 15 is 0 Å². The number of pyridine rings is 1. The Morgan fingerprint density at radius 3 is 2.68 bits per heavy atom. The molecule has 0 aliphatic carbocycles. The summed E-state index contributed by atoms with van der Waals surface area (Å²) in [7, 11) is 0. The van der Waals surface area contributed by atoms with Gasteiger partial charge in [-0.2, -0.15) is 9.97 Å². The number of halogens is 1. The zero-order valence-electron chi connectivity index (χ0n) is 16.5. The maximum atomic E-state index is 14.7. The Labute approximate surface area is 183 Å². The van der Waals surface area contributed by atoms with Gasteiger partial charge in [0.1, 0.15) is 17.5 Å². The molecule has 1 aliphatic rings. The molecule has 0 saturated heterocycles. The Balaban J connectivity index is 1.38. The number of benzene rings is 2. The number of nitrogens with one attached hydrogen (secondary N) is 1. The van der Waals surface area contributed by atoms with E-state index in [0.717, 1.165) is 23.5 Å². The number of nitrogens with zero attached hydrogens (tertiary/aromatic N) is 4. The number of para-hydroxylation sites is 1. The smallest absolute Gasteiger partial charge is 0.231 e. The van der Waals surface area contributed by atoms with Crippen LogP contribution in [0.25, 0.3) is 0 Å². The van der Waals surface area contributed by atoms with Crippen molar-refractivity contribution in [3.05, 3.63) is 84.4 Å². The van der Waals surface area contributed by atoms with Crippen LogP contribution in [0, 0.1) is 5.82 Å². The molecule has 31 heavy (non-hydrogen) atoms. The molecule has 154 valence electrons. The van der Waals surface area contributed by atoms with Gasteiger partial charge < -0.3 is 16.0 Å². The molecule has 2 aromatic heterocycles. The second kappa shape index (κ2) is 8.23. The Morgan fingerprint density at radius 2 is 1.84 bits per heavy atom. The van der Waals surface area contributed by atoms with E-state index in [2.05, 4.69) is 37.3 Å². The maximum absolute atomic E-state index is 14.7. The zero-order valence-corrected chi connectivity index (χ0v) is 17.3. The van der Waals surface area contributed by atoms with Crippen LogP contribution in [-0.4, -0.2) is 21.5 Å².